The van der Waals surface area contributed by atoms with Crippen molar-refractivity contribution in [3.63, 3.8) is 0 Å². The van der Waals surface area contributed by atoms with Gasteiger partial charge in [0.15, 0.2) is 22.4 Å². The topological polar surface area (TPSA) is 109 Å². The van der Waals surface area contributed by atoms with Crippen molar-refractivity contribution >= 4 is 86.8 Å². The van der Waals surface area contributed by atoms with E-state index in [-0.39, 0.29) is 21.9 Å². The molecule has 3 aromatic carbocycles. The van der Waals surface area contributed by atoms with Crippen LogP contribution in [0.1, 0.15) is 18.1 Å². The third-order valence-electron chi connectivity index (χ3n) is 5.41. The van der Waals surface area contributed by atoms with E-state index in [0.717, 1.165) is 22.3 Å². The molecule has 3 aromatic rings. The zero-order valence-electron chi connectivity index (χ0n) is 21.8. The summed E-state index contributed by atoms with van der Waals surface area (Å²) in [4.78, 5) is 38.1. The van der Waals surface area contributed by atoms with Crippen molar-refractivity contribution < 1.29 is 23.9 Å². The first-order valence-electron chi connectivity index (χ1n) is 12.2. The van der Waals surface area contributed by atoms with Crippen LogP contribution in [0.2, 0.25) is 10.0 Å². The van der Waals surface area contributed by atoms with Crippen molar-refractivity contribution in [2.24, 2.45) is 0 Å². The smallest absolute Gasteiger partial charge is 0.338 e. The van der Waals surface area contributed by atoms with Gasteiger partial charge in [-0.25, -0.2) is 10.2 Å². The Labute approximate surface area is 256 Å². The predicted molar refractivity (Wildman–Crippen MR) is 167 cm³/mol. The van der Waals surface area contributed by atoms with E-state index in [9.17, 15) is 14.4 Å². The highest BCUT2D eigenvalue weighted by Crippen LogP contribution is 2.34. The highest BCUT2D eigenvalue weighted by Gasteiger charge is 2.33. The monoisotopic (exact) mass is 630 g/mol. The Bertz CT molecular complexity index is 1550. The van der Waals surface area contributed by atoms with Gasteiger partial charge in [0, 0.05) is 11.4 Å². The average Bonchev–Trinajstić information content (AvgIpc) is 3.17. The van der Waals surface area contributed by atoms with Crippen LogP contribution in [0.4, 0.5) is 16.2 Å². The molecule has 1 aliphatic heterocycles. The Balaban J connectivity index is 1.40. The van der Waals surface area contributed by atoms with E-state index in [1.807, 2.05) is 32.0 Å². The molecule has 0 radical (unpaired) electrons. The molecule has 13 heteroatoms. The number of nitrogens with zero attached hydrogens (tertiary/aromatic N) is 1. The number of carbonyl (C=O) groups is 3. The highest BCUT2D eigenvalue weighted by atomic mass is 35.5. The van der Waals surface area contributed by atoms with Gasteiger partial charge in [-0.3, -0.25) is 9.59 Å². The Morgan fingerprint density at radius 3 is 2.49 bits per heavy atom. The van der Waals surface area contributed by atoms with Crippen molar-refractivity contribution in [1.82, 2.24) is 10.4 Å². The van der Waals surface area contributed by atoms with E-state index in [0.29, 0.717) is 45.0 Å². The first kappa shape index (κ1) is 30.2. The maximum Gasteiger partial charge on any atom is 0.338 e. The number of anilines is 2. The zero-order valence-corrected chi connectivity index (χ0v) is 25.0. The minimum absolute atomic E-state index is 0.148. The van der Waals surface area contributed by atoms with Gasteiger partial charge in [-0.1, -0.05) is 53.2 Å². The Morgan fingerprint density at radius 2 is 1.76 bits per heavy atom. The highest BCUT2D eigenvalue weighted by molar-refractivity contribution is 8.26. The number of benzene rings is 3. The summed E-state index contributed by atoms with van der Waals surface area (Å²) in [5, 5.41) is 6.95. The van der Waals surface area contributed by atoms with Crippen LogP contribution < -0.4 is 25.5 Å². The van der Waals surface area contributed by atoms with Crippen LogP contribution in [-0.2, 0) is 9.59 Å². The molecule has 1 aliphatic rings. The zero-order chi connectivity index (χ0) is 29.5. The van der Waals surface area contributed by atoms with Crippen LogP contribution in [0.15, 0.2) is 65.6 Å². The van der Waals surface area contributed by atoms with Crippen LogP contribution in [0.3, 0.4) is 0 Å². The number of rotatable bonds is 9. The van der Waals surface area contributed by atoms with Crippen LogP contribution in [0.5, 0.6) is 11.5 Å². The van der Waals surface area contributed by atoms with Crippen molar-refractivity contribution in [3.05, 3.63) is 86.7 Å². The Kier molecular flexibility index (Phi) is 10.1. The van der Waals surface area contributed by atoms with Crippen molar-refractivity contribution in [2.75, 3.05) is 23.8 Å². The van der Waals surface area contributed by atoms with Crippen molar-refractivity contribution in [3.8, 4) is 11.5 Å². The standard InChI is InChI=1S/C28H24Cl2N4O5S2/c1-3-38-23-12-17(7-10-22(23)39-15-25(35)31-18-6-4-5-16(2)11-18)13-24-26(36)34(28(40)41-24)33-27(37)32-19-8-9-20(29)21(30)14-19/h4-14H,3,15H2,1-2H3,(H,31,35)(H2,32,33,37)/b24-13+. The molecular weight excluding hydrogens is 607 g/mol. The van der Waals surface area contributed by atoms with E-state index in [1.165, 1.54) is 12.1 Å². The fraction of sp³-hybridized carbons (Fsp3) is 0.143. The van der Waals surface area contributed by atoms with Gasteiger partial charge >= 0.3 is 6.03 Å². The second-order valence-corrected chi connectivity index (χ2v) is 11.0. The summed E-state index contributed by atoms with van der Waals surface area (Å²) in [6.07, 6.45) is 1.62. The fourth-order valence-corrected chi connectivity index (χ4v) is 5.09. The number of aryl methyl sites for hydroxylation is 1. The Hall–Kier alpha value is -3.77. The van der Waals surface area contributed by atoms with Crippen LogP contribution in [0.25, 0.3) is 6.08 Å². The number of carbonyl (C=O) groups excluding carboxylic acids is 3. The molecule has 4 rings (SSSR count). The molecule has 212 valence electrons. The minimum Gasteiger partial charge on any atom is -0.490 e. The summed E-state index contributed by atoms with van der Waals surface area (Å²) in [6, 6.07) is 16.4. The van der Waals surface area contributed by atoms with Gasteiger partial charge in [0.05, 0.1) is 21.6 Å². The number of thiocarbonyl (C=S) groups is 1. The Morgan fingerprint density at radius 1 is 0.976 bits per heavy atom. The summed E-state index contributed by atoms with van der Waals surface area (Å²) < 4.78 is 11.6. The molecule has 0 aromatic heterocycles. The first-order chi connectivity index (χ1) is 19.6. The van der Waals surface area contributed by atoms with E-state index >= 15 is 0 Å². The van der Waals surface area contributed by atoms with Gasteiger partial charge in [-0.2, -0.15) is 5.01 Å². The van der Waals surface area contributed by atoms with E-state index in [1.54, 1.807) is 36.4 Å². The lowest BCUT2D eigenvalue weighted by Crippen LogP contribution is -2.46. The maximum absolute atomic E-state index is 13.0. The van der Waals surface area contributed by atoms with E-state index in [4.69, 9.17) is 44.9 Å². The number of ether oxygens (including phenoxy) is 2. The second-order valence-electron chi connectivity index (χ2n) is 8.56. The van der Waals surface area contributed by atoms with Gasteiger partial charge in [-0.05, 0) is 85.7 Å². The number of halogens is 2. The summed E-state index contributed by atoms with van der Waals surface area (Å²) in [5.74, 6) is -0.0484. The number of nitrogens with one attached hydrogen (secondary N) is 3. The lowest BCUT2D eigenvalue weighted by Gasteiger charge is -2.16. The van der Waals surface area contributed by atoms with Crippen molar-refractivity contribution in [1.29, 1.82) is 0 Å². The minimum atomic E-state index is -0.687. The molecule has 3 N–H and O–H groups in total. The summed E-state index contributed by atoms with van der Waals surface area (Å²) in [7, 11) is 0. The van der Waals surface area contributed by atoms with Gasteiger partial charge in [0.25, 0.3) is 11.8 Å². The van der Waals surface area contributed by atoms with Crippen LogP contribution in [0, 0.1) is 6.92 Å². The number of urea groups is 1. The third-order valence-corrected chi connectivity index (χ3v) is 7.45. The molecule has 41 heavy (non-hydrogen) atoms. The average molecular weight is 632 g/mol. The predicted octanol–water partition coefficient (Wildman–Crippen LogP) is 6.66. The van der Waals surface area contributed by atoms with E-state index in [2.05, 4.69) is 16.1 Å². The van der Waals surface area contributed by atoms with Gasteiger partial charge in [0.1, 0.15) is 0 Å². The summed E-state index contributed by atoms with van der Waals surface area (Å²) in [5.41, 5.74) is 5.16. The molecule has 0 aliphatic carbocycles. The number of amides is 4. The number of hydrogen-bond donors (Lipinski definition) is 3. The molecule has 9 nitrogen and oxygen atoms in total. The van der Waals surface area contributed by atoms with Gasteiger partial charge < -0.3 is 20.1 Å². The molecule has 1 heterocycles. The molecule has 1 saturated heterocycles. The molecule has 0 atom stereocenters. The summed E-state index contributed by atoms with van der Waals surface area (Å²) >= 11 is 18.2. The van der Waals surface area contributed by atoms with Crippen molar-refractivity contribution in [2.45, 2.75) is 13.8 Å². The van der Waals surface area contributed by atoms with Gasteiger partial charge in [0.2, 0.25) is 0 Å². The lowest BCUT2D eigenvalue weighted by molar-refractivity contribution is -0.123. The fourth-order valence-electron chi connectivity index (χ4n) is 3.62. The SMILES string of the molecule is CCOc1cc(/C=C2/SC(=S)N(NC(=O)Nc3ccc(Cl)c(Cl)c3)C2=O)ccc1OCC(=O)Nc1cccc(C)c1. The molecule has 0 unspecified atom stereocenters. The molecule has 4 amide bonds. The number of hydrazine groups is 1. The first-order valence-corrected chi connectivity index (χ1v) is 14.2. The number of thioether (sulfide) groups is 1. The van der Waals surface area contributed by atoms with Crippen LogP contribution >= 0.6 is 47.2 Å². The van der Waals surface area contributed by atoms with Crippen LogP contribution in [-0.4, -0.2) is 40.4 Å². The van der Waals surface area contributed by atoms with Gasteiger partial charge in [-0.15, -0.1) is 0 Å². The molecular formula is C28H24Cl2N4O5S2. The lowest BCUT2D eigenvalue weighted by atomic mass is 10.2. The second kappa shape index (κ2) is 13.7. The quantitative estimate of drug-likeness (QED) is 0.179. The molecule has 0 spiro atoms. The molecule has 0 saturated carbocycles. The number of hydrogen-bond acceptors (Lipinski definition) is 7. The summed E-state index contributed by atoms with van der Waals surface area (Å²) in [6.45, 7) is 3.89. The van der Waals surface area contributed by atoms with E-state index < -0.39 is 11.9 Å². The molecule has 1 fully saturated rings. The molecule has 0 bridgehead atoms. The maximum atomic E-state index is 13.0. The largest absolute Gasteiger partial charge is 0.490 e. The third kappa shape index (κ3) is 8.14. The normalized spacial score (nSPS) is 13.8.